The molecule has 25 heavy (non-hydrogen) atoms. The molecule has 1 aliphatic carbocycles. The number of benzene rings is 1. The molecule has 3 aromatic rings. The average Bonchev–Trinajstić information content (AvgIpc) is 3.02. The number of hydrogen-bond acceptors (Lipinski definition) is 3. The van der Waals surface area contributed by atoms with Crippen LogP contribution in [-0.4, -0.2) is 21.1 Å². The topological polar surface area (TPSA) is 70.7 Å². The van der Waals surface area contributed by atoms with Gasteiger partial charge >= 0.3 is 0 Å². The minimum Gasteiger partial charge on any atom is -0.343 e. The van der Waals surface area contributed by atoms with Crippen molar-refractivity contribution in [2.75, 3.05) is 0 Å². The van der Waals surface area contributed by atoms with Crippen molar-refractivity contribution >= 4 is 16.8 Å². The molecule has 2 heterocycles. The second-order valence-electron chi connectivity index (χ2n) is 6.68. The molecule has 0 saturated heterocycles. The van der Waals surface area contributed by atoms with Gasteiger partial charge in [-0.1, -0.05) is 19.4 Å². The molecule has 128 valence electrons. The van der Waals surface area contributed by atoms with Crippen LogP contribution in [0.5, 0.6) is 0 Å². The lowest BCUT2D eigenvalue weighted by Crippen LogP contribution is -2.36. The van der Waals surface area contributed by atoms with Gasteiger partial charge in [-0.3, -0.25) is 14.9 Å². The summed E-state index contributed by atoms with van der Waals surface area (Å²) in [6.45, 7) is 2.08. The Morgan fingerprint density at radius 1 is 1.32 bits per heavy atom. The summed E-state index contributed by atoms with van der Waals surface area (Å²) in [4.78, 5) is 17.3. The number of hydrogen-bond donors (Lipinski definition) is 2. The van der Waals surface area contributed by atoms with E-state index in [1.165, 1.54) is 6.42 Å². The lowest BCUT2D eigenvalue weighted by Gasteiger charge is -2.34. The number of pyridine rings is 1. The van der Waals surface area contributed by atoms with E-state index < -0.39 is 0 Å². The maximum Gasteiger partial charge on any atom is 0.251 e. The normalized spacial score (nSPS) is 15.7. The molecule has 5 heteroatoms. The zero-order valence-electron chi connectivity index (χ0n) is 14.3. The summed E-state index contributed by atoms with van der Waals surface area (Å²) in [7, 11) is 0. The smallest absolute Gasteiger partial charge is 0.251 e. The molecular weight excluding hydrogens is 312 g/mol. The molecule has 1 atom stereocenters. The zero-order chi connectivity index (χ0) is 17.2. The van der Waals surface area contributed by atoms with Crippen molar-refractivity contribution in [1.82, 2.24) is 20.5 Å². The number of nitrogens with zero attached hydrogens (tertiary/aromatic N) is 2. The molecule has 1 aromatic carbocycles. The molecular formula is C20H22N4O. The van der Waals surface area contributed by atoms with Crippen LogP contribution in [0, 0.1) is 5.92 Å². The van der Waals surface area contributed by atoms with Gasteiger partial charge in [0.05, 0.1) is 17.3 Å². The highest BCUT2D eigenvalue weighted by atomic mass is 16.1. The third-order valence-corrected chi connectivity index (χ3v) is 5.16. The molecule has 2 aromatic heterocycles. The average molecular weight is 334 g/mol. The Hall–Kier alpha value is -2.69. The van der Waals surface area contributed by atoms with Crippen molar-refractivity contribution in [3.8, 4) is 0 Å². The van der Waals surface area contributed by atoms with Gasteiger partial charge < -0.3 is 5.32 Å². The Labute approximate surface area is 146 Å². The highest BCUT2D eigenvalue weighted by molar-refractivity contribution is 5.98. The van der Waals surface area contributed by atoms with Crippen molar-refractivity contribution < 1.29 is 4.79 Å². The number of nitrogens with one attached hydrogen (secondary N) is 2. The van der Waals surface area contributed by atoms with Gasteiger partial charge in [0.2, 0.25) is 0 Å². The van der Waals surface area contributed by atoms with E-state index in [9.17, 15) is 4.79 Å². The number of aromatic nitrogens is 3. The van der Waals surface area contributed by atoms with Crippen LogP contribution in [0.3, 0.4) is 0 Å². The van der Waals surface area contributed by atoms with Gasteiger partial charge in [-0.2, -0.15) is 5.10 Å². The van der Waals surface area contributed by atoms with Crippen molar-refractivity contribution in [2.24, 2.45) is 5.92 Å². The quantitative estimate of drug-likeness (QED) is 0.746. The zero-order valence-corrected chi connectivity index (χ0v) is 14.3. The highest BCUT2D eigenvalue weighted by Gasteiger charge is 2.30. The lowest BCUT2D eigenvalue weighted by atomic mass is 9.78. The van der Waals surface area contributed by atoms with Crippen LogP contribution < -0.4 is 5.32 Å². The fraction of sp³-hybridized carbons (Fsp3) is 0.350. The van der Waals surface area contributed by atoms with Crippen molar-refractivity contribution in [3.63, 3.8) is 0 Å². The van der Waals surface area contributed by atoms with E-state index in [0.29, 0.717) is 11.5 Å². The van der Waals surface area contributed by atoms with Gasteiger partial charge in [0.15, 0.2) is 0 Å². The number of carbonyl (C=O) groups excluding carboxylic acids is 1. The molecule has 4 rings (SSSR count). The Bertz CT molecular complexity index is 883. The van der Waals surface area contributed by atoms with Crippen LogP contribution in [0.2, 0.25) is 0 Å². The molecule has 0 spiro atoms. The number of aryl methyl sites for hydroxylation is 1. The summed E-state index contributed by atoms with van der Waals surface area (Å²) in [5.41, 5.74) is 3.57. The Kier molecular flexibility index (Phi) is 4.22. The van der Waals surface area contributed by atoms with Gasteiger partial charge in [0, 0.05) is 22.8 Å². The SMILES string of the molecule is CCc1[nH]nc2ccc(C(=O)NC(c3ccccn3)C3CCC3)cc12. The van der Waals surface area contributed by atoms with E-state index >= 15 is 0 Å². The van der Waals surface area contributed by atoms with Crippen LogP contribution >= 0.6 is 0 Å². The summed E-state index contributed by atoms with van der Waals surface area (Å²) in [6, 6.07) is 11.5. The first-order valence-electron chi connectivity index (χ1n) is 8.95. The van der Waals surface area contributed by atoms with Crippen LogP contribution in [0.25, 0.3) is 10.9 Å². The Morgan fingerprint density at radius 3 is 2.88 bits per heavy atom. The summed E-state index contributed by atoms with van der Waals surface area (Å²) in [5, 5.41) is 11.6. The molecule has 1 unspecified atom stereocenters. The number of amides is 1. The molecule has 1 aliphatic rings. The Morgan fingerprint density at radius 2 is 2.20 bits per heavy atom. The van der Waals surface area contributed by atoms with Crippen molar-refractivity contribution in [1.29, 1.82) is 0 Å². The first-order chi connectivity index (χ1) is 12.3. The lowest BCUT2D eigenvalue weighted by molar-refractivity contribution is 0.0898. The van der Waals surface area contributed by atoms with Crippen molar-refractivity contribution in [2.45, 2.75) is 38.6 Å². The standard InChI is InChI=1S/C20H22N4O/c1-2-16-15-12-14(9-10-17(15)24-23-16)20(25)22-19(13-6-5-7-13)18-8-3-4-11-21-18/h3-4,8-13,19H,2,5-7H2,1H3,(H,22,25)(H,23,24). The molecule has 0 aliphatic heterocycles. The van der Waals surface area contributed by atoms with Crippen LogP contribution in [0.15, 0.2) is 42.6 Å². The molecule has 5 nitrogen and oxygen atoms in total. The molecule has 0 bridgehead atoms. The maximum atomic E-state index is 12.9. The summed E-state index contributed by atoms with van der Waals surface area (Å²) in [6.07, 6.45) is 6.16. The van der Waals surface area contributed by atoms with E-state index in [4.69, 9.17) is 0 Å². The highest BCUT2D eigenvalue weighted by Crippen LogP contribution is 2.37. The fourth-order valence-corrected chi connectivity index (χ4v) is 3.46. The van der Waals surface area contributed by atoms with Gasteiger partial charge in [0.25, 0.3) is 5.91 Å². The monoisotopic (exact) mass is 334 g/mol. The largest absolute Gasteiger partial charge is 0.343 e. The number of rotatable bonds is 5. The van der Waals surface area contributed by atoms with Gasteiger partial charge in [-0.05, 0) is 55.5 Å². The second kappa shape index (κ2) is 6.67. The summed E-state index contributed by atoms with van der Waals surface area (Å²) >= 11 is 0. The number of fused-ring (bicyclic) bond motifs is 1. The van der Waals surface area contributed by atoms with E-state index in [-0.39, 0.29) is 11.9 Å². The third kappa shape index (κ3) is 3.02. The molecule has 1 saturated carbocycles. The Balaban J connectivity index is 1.61. The number of aromatic amines is 1. The fourth-order valence-electron chi connectivity index (χ4n) is 3.46. The summed E-state index contributed by atoms with van der Waals surface area (Å²) < 4.78 is 0. The molecule has 2 N–H and O–H groups in total. The predicted octanol–water partition coefficient (Wildman–Crippen LogP) is 3.79. The van der Waals surface area contributed by atoms with Crippen LogP contribution in [-0.2, 0) is 6.42 Å². The third-order valence-electron chi connectivity index (χ3n) is 5.16. The predicted molar refractivity (Wildman–Crippen MR) is 97.3 cm³/mol. The van der Waals surface area contributed by atoms with E-state index in [0.717, 1.165) is 41.6 Å². The first kappa shape index (κ1) is 15.8. The maximum absolute atomic E-state index is 12.9. The van der Waals surface area contributed by atoms with E-state index in [1.807, 2.05) is 36.4 Å². The summed E-state index contributed by atoms with van der Waals surface area (Å²) in [5.74, 6) is 0.426. The number of H-pyrrole nitrogens is 1. The second-order valence-corrected chi connectivity index (χ2v) is 6.68. The van der Waals surface area contributed by atoms with E-state index in [1.54, 1.807) is 6.20 Å². The van der Waals surface area contributed by atoms with Crippen LogP contribution in [0.4, 0.5) is 0 Å². The van der Waals surface area contributed by atoms with E-state index in [2.05, 4.69) is 27.4 Å². The molecule has 1 fully saturated rings. The van der Waals surface area contributed by atoms with Crippen molar-refractivity contribution in [3.05, 3.63) is 59.5 Å². The molecule has 0 radical (unpaired) electrons. The first-order valence-corrected chi connectivity index (χ1v) is 8.95. The minimum atomic E-state index is -0.0484. The number of carbonyl (C=O) groups is 1. The molecule has 1 amide bonds. The minimum absolute atomic E-state index is 0.0202. The van der Waals surface area contributed by atoms with Gasteiger partial charge in [-0.25, -0.2) is 0 Å². The van der Waals surface area contributed by atoms with Crippen LogP contribution in [0.1, 0.15) is 54.0 Å². The van der Waals surface area contributed by atoms with Gasteiger partial charge in [-0.15, -0.1) is 0 Å². The van der Waals surface area contributed by atoms with Gasteiger partial charge in [0.1, 0.15) is 0 Å².